The number of aryl methyl sites for hydroxylation is 3. The van der Waals surface area contributed by atoms with Crippen molar-refractivity contribution in [3.63, 3.8) is 0 Å². The van der Waals surface area contributed by atoms with Crippen LogP contribution in [0.25, 0.3) is 11.0 Å². The molecule has 1 aromatic heterocycles. The Kier molecular flexibility index (Phi) is 13.0. The van der Waals surface area contributed by atoms with Gasteiger partial charge in [-0.2, -0.15) is 12.7 Å². The first kappa shape index (κ1) is 39.0. The lowest BCUT2D eigenvalue weighted by molar-refractivity contribution is -0.143. The number of fused-ring (bicyclic) bond motifs is 1. The lowest BCUT2D eigenvalue weighted by atomic mass is 9.84. The standard InChI is InChI=1S/C41H45ClN4O7S/c1-4-51-39(47)24-36(35-19-20-38-40(30(35)3)43-44-46(38)21-11-12-22-50-27-31-13-7-5-8-14-31)33-18-17-29(2)34(23-33)25-45-26-37(42)41(53-54(45,48)49)52-28-32-15-9-6-10-16-32/h5-10,13-20,23,36H,4,11-12,21-22,24-28H2,1-3H3. The fraction of sp³-hybridized carbons (Fsp3) is 0.341. The molecule has 0 N–H and O–H groups in total. The molecule has 0 amide bonds. The lowest BCUT2D eigenvalue weighted by Gasteiger charge is -2.28. The highest BCUT2D eigenvalue weighted by atomic mass is 35.5. The summed E-state index contributed by atoms with van der Waals surface area (Å²) in [7, 11) is -4.22. The molecule has 11 nitrogen and oxygen atoms in total. The minimum Gasteiger partial charge on any atom is -0.466 e. The Bertz CT molecular complexity index is 2190. The van der Waals surface area contributed by atoms with Crippen molar-refractivity contribution >= 4 is 38.9 Å². The second kappa shape index (κ2) is 18.1. The van der Waals surface area contributed by atoms with Crippen LogP contribution in [0.2, 0.25) is 0 Å². The van der Waals surface area contributed by atoms with Crippen molar-refractivity contribution in [2.45, 2.75) is 72.3 Å². The molecule has 13 heteroatoms. The van der Waals surface area contributed by atoms with Crippen LogP contribution in [-0.4, -0.2) is 53.4 Å². The van der Waals surface area contributed by atoms with Gasteiger partial charge in [0.25, 0.3) is 0 Å². The van der Waals surface area contributed by atoms with Crippen LogP contribution in [0, 0.1) is 13.8 Å². The summed E-state index contributed by atoms with van der Waals surface area (Å²) in [5, 5.41) is 9.15. The number of benzene rings is 4. The zero-order valence-electron chi connectivity index (χ0n) is 30.7. The van der Waals surface area contributed by atoms with Gasteiger partial charge in [-0.05, 0) is 78.6 Å². The van der Waals surface area contributed by atoms with Gasteiger partial charge in [-0.15, -0.1) is 5.10 Å². The van der Waals surface area contributed by atoms with Gasteiger partial charge in [0, 0.05) is 25.6 Å². The van der Waals surface area contributed by atoms with Gasteiger partial charge < -0.3 is 18.4 Å². The SMILES string of the molecule is CCOC(=O)CC(c1ccc(C)c(CN2CC(Cl)=C(OCc3ccccc3)OS2(=O)=O)c1)c1ccc2c(nnn2CCCCOCc2ccccc2)c1C. The van der Waals surface area contributed by atoms with Crippen LogP contribution >= 0.6 is 11.6 Å². The van der Waals surface area contributed by atoms with Crippen molar-refractivity contribution in [1.29, 1.82) is 0 Å². The van der Waals surface area contributed by atoms with Crippen LogP contribution in [0.3, 0.4) is 0 Å². The summed E-state index contributed by atoms with van der Waals surface area (Å²) in [4.78, 5) is 13.0. The number of rotatable bonds is 17. The number of halogens is 1. The second-order valence-corrected chi connectivity index (χ2v) is 15.2. The summed E-state index contributed by atoms with van der Waals surface area (Å²) in [6, 6.07) is 29.3. The van der Waals surface area contributed by atoms with Crippen molar-refractivity contribution in [3.8, 4) is 0 Å². The van der Waals surface area contributed by atoms with Crippen molar-refractivity contribution in [3.05, 3.63) is 141 Å². The third-order valence-electron chi connectivity index (χ3n) is 9.42. The Morgan fingerprint density at radius 1 is 0.944 bits per heavy atom. The Hall–Kier alpha value is -4.75. The van der Waals surface area contributed by atoms with Crippen LogP contribution in [0.1, 0.15) is 71.0 Å². The van der Waals surface area contributed by atoms with Gasteiger partial charge in [-0.3, -0.25) is 4.79 Å². The molecule has 0 saturated carbocycles. The van der Waals surface area contributed by atoms with Gasteiger partial charge in [0.05, 0.1) is 31.7 Å². The smallest absolute Gasteiger partial charge is 0.388 e. The molecule has 0 radical (unpaired) electrons. The van der Waals surface area contributed by atoms with Crippen LogP contribution in [0.5, 0.6) is 0 Å². The first-order valence-electron chi connectivity index (χ1n) is 18.1. The average molecular weight is 773 g/mol. The summed E-state index contributed by atoms with van der Waals surface area (Å²) in [6.07, 6.45) is 1.85. The Morgan fingerprint density at radius 2 is 1.67 bits per heavy atom. The number of carbonyl (C=O) groups excluding carboxylic acids is 1. The quantitative estimate of drug-likeness (QED) is 0.0688. The van der Waals surface area contributed by atoms with E-state index in [1.165, 1.54) is 4.31 Å². The van der Waals surface area contributed by atoms with Crippen LogP contribution in [0.4, 0.5) is 0 Å². The van der Waals surface area contributed by atoms with E-state index in [9.17, 15) is 13.2 Å². The van der Waals surface area contributed by atoms with E-state index in [1.54, 1.807) is 6.92 Å². The van der Waals surface area contributed by atoms with E-state index in [2.05, 4.69) is 22.4 Å². The molecule has 2 heterocycles. The highest BCUT2D eigenvalue weighted by molar-refractivity contribution is 7.84. The molecular weight excluding hydrogens is 728 g/mol. The molecule has 0 bridgehead atoms. The normalized spacial score (nSPS) is 14.9. The van der Waals surface area contributed by atoms with E-state index in [1.807, 2.05) is 97.4 Å². The number of aromatic nitrogens is 3. The van der Waals surface area contributed by atoms with Crippen molar-refractivity contribution in [2.24, 2.45) is 0 Å². The average Bonchev–Trinajstić information content (AvgIpc) is 3.59. The predicted octanol–water partition coefficient (Wildman–Crippen LogP) is 7.83. The summed E-state index contributed by atoms with van der Waals surface area (Å²) >= 11 is 6.52. The molecule has 6 rings (SSSR count). The Balaban J connectivity index is 1.18. The monoisotopic (exact) mass is 772 g/mol. The highest BCUT2D eigenvalue weighted by Gasteiger charge is 2.35. The molecule has 54 heavy (non-hydrogen) atoms. The largest absolute Gasteiger partial charge is 0.466 e. The first-order valence-corrected chi connectivity index (χ1v) is 19.8. The molecule has 0 fully saturated rings. The van der Waals surface area contributed by atoms with Gasteiger partial charge in [-0.1, -0.05) is 102 Å². The van der Waals surface area contributed by atoms with Gasteiger partial charge in [0.2, 0.25) is 0 Å². The third-order valence-corrected chi connectivity index (χ3v) is 10.9. The molecule has 0 saturated heterocycles. The number of carbonyl (C=O) groups is 1. The van der Waals surface area contributed by atoms with Gasteiger partial charge in [-0.25, -0.2) is 4.68 Å². The zero-order chi connectivity index (χ0) is 38.1. The van der Waals surface area contributed by atoms with Gasteiger partial charge in [0.15, 0.2) is 0 Å². The number of hydrogen-bond donors (Lipinski definition) is 0. The first-order chi connectivity index (χ1) is 26.1. The topological polar surface area (TPSA) is 122 Å². The van der Waals surface area contributed by atoms with E-state index in [-0.39, 0.29) is 49.7 Å². The molecule has 5 aromatic rings. The van der Waals surface area contributed by atoms with Crippen molar-refractivity contribution < 1.29 is 31.6 Å². The van der Waals surface area contributed by atoms with E-state index >= 15 is 0 Å². The van der Waals surface area contributed by atoms with Gasteiger partial charge in [0.1, 0.15) is 17.2 Å². The van der Waals surface area contributed by atoms with Gasteiger partial charge >= 0.3 is 22.2 Å². The molecular formula is C41H45ClN4O7S. The number of esters is 1. The Labute approximate surface area is 321 Å². The van der Waals surface area contributed by atoms with E-state index in [0.717, 1.165) is 62.8 Å². The maximum atomic E-state index is 13.3. The predicted molar refractivity (Wildman–Crippen MR) is 206 cm³/mol. The van der Waals surface area contributed by atoms with E-state index < -0.39 is 16.2 Å². The fourth-order valence-corrected chi connectivity index (χ4v) is 7.85. The van der Waals surface area contributed by atoms with Crippen molar-refractivity contribution in [2.75, 3.05) is 19.8 Å². The molecule has 1 unspecified atom stereocenters. The maximum Gasteiger partial charge on any atom is 0.388 e. The molecule has 1 aliphatic heterocycles. The number of hydrogen-bond acceptors (Lipinski definition) is 9. The highest BCUT2D eigenvalue weighted by Crippen LogP contribution is 2.36. The van der Waals surface area contributed by atoms with Crippen LogP contribution in [0.15, 0.2) is 102 Å². The summed E-state index contributed by atoms with van der Waals surface area (Å²) in [5.74, 6) is -0.961. The lowest BCUT2D eigenvalue weighted by Crippen LogP contribution is -2.37. The van der Waals surface area contributed by atoms with E-state index in [4.69, 9.17) is 30.0 Å². The Morgan fingerprint density at radius 3 is 2.39 bits per heavy atom. The fourth-order valence-electron chi connectivity index (χ4n) is 6.47. The number of nitrogens with zero attached hydrogens (tertiary/aromatic N) is 4. The molecule has 0 aliphatic carbocycles. The molecule has 0 spiro atoms. The zero-order valence-corrected chi connectivity index (χ0v) is 32.3. The van der Waals surface area contributed by atoms with Crippen LogP contribution in [-0.2, 0) is 59.8 Å². The maximum absolute atomic E-state index is 13.3. The number of unbranched alkanes of at least 4 members (excludes halogenated alkanes) is 1. The molecule has 284 valence electrons. The number of ether oxygens (including phenoxy) is 3. The molecule has 1 aliphatic rings. The minimum absolute atomic E-state index is 0.0000427. The second-order valence-electron chi connectivity index (χ2n) is 13.2. The molecule has 1 atom stereocenters. The molecule has 4 aromatic carbocycles. The minimum atomic E-state index is -4.22. The third kappa shape index (κ3) is 9.67. The summed E-state index contributed by atoms with van der Waals surface area (Å²) < 4.78 is 51.9. The summed E-state index contributed by atoms with van der Waals surface area (Å²) in [5.41, 5.74) is 7.93. The van der Waals surface area contributed by atoms with Crippen molar-refractivity contribution in [1.82, 2.24) is 19.3 Å². The summed E-state index contributed by atoms with van der Waals surface area (Å²) in [6.45, 7) is 7.87. The van der Waals surface area contributed by atoms with Crippen LogP contribution < -0.4 is 0 Å². The van der Waals surface area contributed by atoms with E-state index in [0.29, 0.717) is 19.8 Å².